The van der Waals surface area contributed by atoms with Crippen molar-refractivity contribution in [2.45, 2.75) is 13.0 Å². The van der Waals surface area contributed by atoms with Crippen LogP contribution in [0.5, 0.6) is 0 Å². The quantitative estimate of drug-likeness (QED) is 0.838. The van der Waals surface area contributed by atoms with E-state index in [2.05, 4.69) is 15.3 Å². The van der Waals surface area contributed by atoms with E-state index in [0.29, 0.717) is 0 Å². The van der Waals surface area contributed by atoms with E-state index in [9.17, 15) is 4.79 Å². The Balaban J connectivity index is 2.08. The SMILES string of the molecule is CC(Nc1nc(C(=O)O)co1)c1ccncc1. The van der Waals surface area contributed by atoms with Gasteiger partial charge in [-0.1, -0.05) is 0 Å². The second-order valence-electron chi connectivity index (χ2n) is 3.49. The van der Waals surface area contributed by atoms with Gasteiger partial charge in [-0.15, -0.1) is 0 Å². The number of nitrogens with one attached hydrogen (secondary N) is 1. The van der Waals surface area contributed by atoms with E-state index in [4.69, 9.17) is 9.52 Å². The van der Waals surface area contributed by atoms with E-state index in [-0.39, 0.29) is 17.8 Å². The first-order chi connectivity index (χ1) is 8.16. The van der Waals surface area contributed by atoms with Crippen LogP contribution in [0.4, 0.5) is 6.01 Å². The van der Waals surface area contributed by atoms with Crippen molar-refractivity contribution in [3.63, 3.8) is 0 Å². The first-order valence-corrected chi connectivity index (χ1v) is 5.02. The fourth-order valence-electron chi connectivity index (χ4n) is 1.36. The summed E-state index contributed by atoms with van der Waals surface area (Å²) in [6, 6.07) is 3.86. The number of pyridine rings is 1. The number of aromatic carboxylic acids is 1. The Bertz CT molecular complexity index is 510. The lowest BCUT2D eigenvalue weighted by Gasteiger charge is -2.11. The van der Waals surface area contributed by atoms with Crippen molar-refractivity contribution >= 4 is 12.0 Å². The fourth-order valence-corrected chi connectivity index (χ4v) is 1.36. The van der Waals surface area contributed by atoms with E-state index < -0.39 is 5.97 Å². The van der Waals surface area contributed by atoms with Crippen LogP contribution in [0.15, 0.2) is 35.2 Å². The molecule has 0 fully saturated rings. The number of carboxylic acids is 1. The van der Waals surface area contributed by atoms with E-state index >= 15 is 0 Å². The molecule has 2 N–H and O–H groups in total. The van der Waals surface area contributed by atoms with Gasteiger partial charge in [0.1, 0.15) is 6.26 Å². The first-order valence-electron chi connectivity index (χ1n) is 5.02. The number of anilines is 1. The summed E-state index contributed by atoms with van der Waals surface area (Å²) in [7, 11) is 0. The highest BCUT2D eigenvalue weighted by molar-refractivity contribution is 5.85. The van der Waals surface area contributed by atoms with Gasteiger partial charge in [0, 0.05) is 12.4 Å². The van der Waals surface area contributed by atoms with Crippen molar-refractivity contribution in [2.75, 3.05) is 5.32 Å². The molecule has 0 aliphatic carbocycles. The number of hydrogen-bond donors (Lipinski definition) is 2. The highest BCUT2D eigenvalue weighted by Gasteiger charge is 2.12. The standard InChI is InChI=1S/C11H11N3O3/c1-7(8-2-4-12-5-3-8)13-11-14-9(6-17-11)10(15)16/h2-7H,1H3,(H,13,14)(H,15,16). The zero-order valence-corrected chi connectivity index (χ0v) is 9.12. The molecule has 0 bridgehead atoms. The molecule has 2 aromatic rings. The van der Waals surface area contributed by atoms with Crippen LogP contribution in [-0.4, -0.2) is 21.0 Å². The molecule has 0 spiro atoms. The van der Waals surface area contributed by atoms with Gasteiger partial charge in [0.05, 0.1) is 6.04 Å². The van der Waals surface area contributed by atoms with Crippen LogP contribution in [0.1, 0.15) is 29.0 Å². The minimum Gasteiger partial charge on any atom is -0.476 e. The van der Waals surface area contributed by atoms with Crippen molar-refractivity contribution in [3.8, 4) is 0 Å². The summed E-state index contributed by atoms with van der Waals surface area (Å²) in [4.78, 5) is 18.3. The second-order valence-corrected chi connectivity index (χ2v) is 3.49. The Morgan fingerprint density at radius 1 is 1.47 bits per heavy atom. The van der Waals surface area contributed by atoms with Crippen LogP contribution in [0, 0.1) is 0 Å². The lowest BCUT2D eigenvalue weighted by atomic mass is 10.1. The van der Waals surface area contributed by atoms with Crippen LogP contribution < -0.4 is 5.32 Å². The van der Waals surface area contributed by atoms with Gasteiger partial charge < -0.3 is 14.8 Å². The smallest absolute Gasteiger partial charge is 0.357 e. The fraction of sp³-hybridized carbons (Fsp3) is 0.182. The molecular formula is C11H11N3O3. The molecule has 2 aromatic heterocycles. The Morgan fingerprint density at radius 3 is 2.76 bits per heavy atom. The molecule has 0 aliphatic rings. The summed E-state index contributed by atoms with van der Waals surface area (Å²) in [6.07, 6.45) is 4.47. The Hall–Kier alpha value is -2.37. The highest BCUT2D eigenvalue weighted by Crippen LogP contribution is 2.17. The monoisotopic (exact) mass is 233 g/mol. The van der Waals surface area contributed by atoms with Gasteiger partial charge in [-0.25, -0.2) is 4.79 Å². The summed E-state index contributed by atoms with van der Waals surface area (Å²) in [5, 5.41) is 11.7. The van der Waals surface area contributed by atoms with Gasteiger partial charge in [-0.3, -0.25) is 4.98 Å². The number of rotatable bonds is 4. The number of carboxylic acid groups (broad SMARTS) is 1. The van der Waals surface area contributed by atoms with Crippen molar-refractivity contribution in [1.82, 2.24) is 9.97 Å². The molecule has 0 saturated carbocycles. The van der Waals surface area contributed by atoms with Crippen LogP contribution in [0.25, 0.3) is 0 Å². The summed E-state index contributed by atoms with van der Waals surface area (Å²) in [5.74, 6) is -1.11. The summed E-state index contributed by atoms with van der Waals surface area (Å²) < 4.78 is 5.00. The third-order valence-corrected chi connectivity index (χ3v) is 2.27. The van der Waals surface area contributed by atoms with Gasteiger partial charge in [0.2, 0.25) is 0 Å². The number of carbonyl (C=O) groups is 1. The van der Waals surface area contributed by atoms with Crippen molar-refractivity contribution in [2.24, 2.45) is 0 Å². The van der Waals surface area contributed by atoms with E-state index in [1.54, 1.807) is 12.4 Å². The van der Waals surface area contributed by atoms with Crippen molar-refractivity contribution in [1.29, 1.82) is 0 Å². The van der Waals surface area contributed by atoms with Crippen LogP contribution in [0.2, 0.25) is 0 Å². The lowest BCUT2D eigenvalue weighted by molar-refractivity contribution is 0.0690. The first kappa shape index (κ1) is 11.1. The maximum Gasteiger partial charge on any atom is 0.357 e. The number of hydrogen-bond acceptors (Lipinski definition) is 5. The maximum atomic E-state index is 10.6. The minimum absolute atomic E-state index is 0.0432. The Morgan fingerprint density at radius 2 is 2.18 bits per heavy atom. The largest absolute Gasteiger partial charge is 0.476 e. The highest BCUT2D eigenvalue weighted by atomic mass is 16.4. The zero-order chi connectivity index (χ0) is 12.3. The molecule has 2 heterocycles. The molecule has 88 valence electrons. The number of oxazole rings is 1. The van der Waals surface area contributed by atoms with E-state index in [1.165, 1.54) is 0 Å². The molecule has 0 aromatic carbocycles. The van der Waals surface area contributed by atoms with Crippen LogP contribution in [-0.2, 0) is 0 Å². The zero-order valence-electron chi connectivity index (χ0n) is 9.12. The molecule has 1 atom stereocenters. The lowest BCUT2D eigenvalue weighted by Crippen LogP contribution is -2.07. The molecule has 6 heteroatoms. The van der Waals surface area contributed by atoms with Gasteiger partial charge in [0.15, 0.2) is 5.69 Å². The minimum atomic E-state index is -1.11. The van der Waals surface area contributed by atoms with Gasteiger partial charge in [0.25, 0.3) is 6.01 Å². The van der Waals surface area contributed by atoms with Gasteiger partial charge in [-0.2, -0.15) is 4.98 Å². The molecule has 17 heavy (non-hydrogen) atoms. The van der Waals surface area contributed by atoms with E-state index in [1.807, 2.05) is 19.1 Å². The predicted molar refractivity (Wildman–Crippen MR) is 59.7 cm³/mol. The normalized spacial score (nSPS) is 12.1. The molecular weight excluding hydrogens is 222 g/mol. The predicted octanol–water partition coefficient (Wildman–Crippen LogP) is 1.94. The average molecular weight is 233 g/mol. The van der Waals surface area contributed by atoms with Crippen LogP contribution >= 0.6 is 0 Å². The molecule has 6 nitrogen and oxygen atoms in total. The summed E-state index contributed by atoms with van der Waals surface area (Å²) in [6.45, 7) is 1.92. The topological polar surface area (TPSA) is 88.2 Å². The molecule has 0 saturated heterocycles. The van der Waals surface area contributed by atoms with Gasteiger partial charge in [-0.05, 0) is 24.6 Å². The number of nitrogens with zero attached hydrogens (tertiary/aromatic N) is 2. The Labute approximate surface area is 97.3 Å². The van der Waals surface area contributed by atoms with Gasteiger partial charge >= 0.3 is 5.97 Å². The number of aromatic nitrogens is 2. The molecule has 0 aliphatic heterocycles. The molecule has 2 rings (SSSR count). The third-order valence-electron chi connectivity index (χ3n) is 2.27. The Kier molecular flexibility index (Phi) is 3.04. The molecule has 0 radical (unpaired) electrons. The maximum absolute atomic E-state index is 10.6. The molecule has 0 amide bonds. The van der Waals surface area contributed by atoms with Crippen LogP contribution in [0.3, 0.4) is 0 Å². The molecule has 1 unspecified atom stereocenters. The third kappa shape index (κ3) is 2.60. The second kappa shape index (κ2) is 4.65. The van der Waals surface area contributed by atoms with E-state index in [0.717, 1.165) is 11.8 Å². The van der Waals surface area contributed by atoms with Crippen molar-refractivity contribution in [3.05, 3.63) is 42.0 Å². The van der Waals surface area contributed by atoms with Crippen molar-refractivity contribution < 1.29 is 14.3 Å². The summed E-state index contributed by atoms with van der Waals surface area (Å²) >= 11 is 0. The average Bonchev–Trinajstić information content (AvgIpc) is 2.79. The summed E-state index contributed by atoms with van der Waals surface area (Å²) in [5.41, 5.74) is 0.893.